The summed E-state index contributed by atoms with van der Waals surface area (Å²) in [6, 6.07) is 14.4. The molecule has 33 heavy (non-hydrogen) atoms. The molecule has 1 aliphatic heterocycles. The predicted molar refractivity (Wildman–Crippen MR) is 127 cm³/mol. The number of aromatic nitrogens is 4. The van der Waals surface area contributed by atoms with E-state index in [1.165, 1.54) is 33.6 Å². The fraction of sp³-hybridized carbons (Fsp3) is 0.130. The lowest BCUT2D eigenvalue weighted by atomic mass is 10.2. The van der Waals surface area contributed by atoms with Crippen LogP contribution < -0.4 is 20.6 Å². The Balaban J connectivity index is 1.37. The molecule has 0 radical (unpaired) electrons. The molecule has 1 aromatic carbocycles. The summed E-state index contributed by atoms with van der Waals surface area (Å²) in [6.07, 6.45) is 1.69. The van der Waals surface area contributed by atoms with E-state index in [-0.39, 0.29) is 17.9 Å². The Kier molecular flexibility index (Phi) is 4.88. The molecule has 6 rings (SSSR count). The fourth-order valence-electron chi connectivity index (χ4n) is 3.71. The Hall–Kier alpha value is -3.63. The van der Waals surface area contributed by atoms with Crippen LogP contribution in [0.25, 0.3) is 15.9 Å². The molecule has 5 aromatic rings. The van der Waals surface area contributed by atoms with Crippen LogP contribution in [0.15, 0.2) is 74.9 Å². The Morgan fingerprint density at radius 3 is 2.88 bits per heavy atom. The van der Waals surface area contributed by atoms with Crippen LogP contribution in [-0.4, -0.2) is 25.7 Å². The van der Waals surface area contributed by atoms with Gasteiger partial charge in [0.2, 0.25) is 6.79 Å². The maximum Gasteiger partial charge on any atom is 0.272 e. The molecule has 8 nitrogen and oxygen atoms in total. The van der Waals surface area contributed by atoms with Crippen molar-refractivity contribution in [2.24, 2.45) is 0 Å². The molecule has 164 valence electrons. The van der Waals surface area contributed by atoms with E-state index in [1.54, 1.807) is 22.9 Å². The minimum atomic E-state index is -0.143. The van der Waals surface area contributed by atoms with Gasteiger partial charge in [0, 0.05) is 18.0 Å². The molecular formula is C23H16N4O4S2. The summed E-state index contributed by atoms with van der Waals surface area (Å²) in [5, 5.41) is 2.43. The molecule has 4 aromatic heterocycles. The number of fused-ring (bicyclic) bond motifs is 3. The van der Waals surface area contributed by atoms with Gasteiger partial charge >= 0.3 is 0 Å². The first-order valence-electron chi connectivity index (χ1n) is 10.1. The number of benzene rings is 1. The second kappa shape index (κ2) is 8.05. The minimum absolute atomic E-state index is 0.0956. The van der Waals surface area contributed by atoms with E-state index in [9.17, 15) is 9.59 Å². The third-order valence-electron chi connectivity index (χ3n) is 5.28. The van der Waals surface area contributed by atoms with Gasteiger partial charge < -0.3 is 9.47 Å². The first-order valence-corrected chi connectivity index (χ1v) is 12.0. The largest absolute Gasteiger partial charge is 0.454 e. The van der Waals surface area contributed by atoms with Crippen molar-refractivity contribution in [2.75, 3.05) is 6.79 Å². The van der Waals surface area contributed by atoms with Crippen molar-refractivity contribution in [3.63, 3.8) is 0 Å². The molecule has 0 saturated heterocycles. The van der Waals surface area contributed by atoms with Crippen LogP contribution in [0.1, 0.15) is 11.3 Å². The van der Waals surface area contributed by atoms with Crippen LogP contribution in [0.5, 0.6) is 11.5 Å². The van der Waals surface area contributed by atoms with Crippen LogP contribution in [0.3, 0.4) is 0 Å². The lowest BCUT2D eigenvalue weighted by molar-refractivity contribution is 0.174. The molecule has 0 saturated carbocycles. The van der Waals surface area contributed by atoms with Gasteiger partial charge in [0.05, 0.1) is 17.8 Å². The molecule has 0 N–H and O–H groups in total. The molecule has 0 aliphatic carbocycles. The highest BCUT2D eigenvalue weighted by molar-refractivity contribution is 7.98. The summed E-state index contributed by atoms with van der Waals surface area (Å²) in [7, 11) is 0. The third-order valence-corrected chi connectivity index (χ3v) is 7.18. The molecule has 0 atom stereocenters. The predicted octanol–water partition coefficient (Wildman–Crippen LogP) is 3.54. The quantitative estimate of drug-likeness (QED) is 0.283. The van der Waals surface area contributed by atoms with Crippen LogP contribution in [0.4, 0.5) is 0 Å². The van der Waals surface area contributed by atoms with Crippen molar-refractivity contribution >= 4 is 39.0 Å². The summed E-state index contributed by atoms with van der Waals surface area (Å²) >= 11 is 2.76. The van der Waals surface area contributed by atoms with Crippen LogP contribution in [0.2, 0.25) is 0 Å². The third kappa shape index (κ3) is 3.66. The number of nitrogens with zero attached hydrogens (tertiary/aromatic N) is 4. The topological polar surface area (TPSA) is 87.7 Å². The van der Waals surface area contributed by atoms with Crippen molar-refractivity contribution in [1.82, 2.24) is 18.9 Å². The summed E-state index contributed by atoms with van der Waals surface area (Å²) in [5.41, 5.74) is 2.55. The zero-order valence-electron chi connectivity index (χ0n) is 17.1. The smallest absolute Gasteiger partial charge is 0.272 e. The van der Waals surface area contributed by atoms with E-state index in [0.29, 0.717) is 50.5 Å². The maximum atomic E-state index is 13.3. The van der Waals surface area contributed by atoms with E-state index in [2.05, 4.69) is 4.98 Å². The number of hydrogen-bond donors (Lipinski definition) is 0. The first-order chi connectivity index (χ1) is 16.2. The number of thiophene rings is 1. The van der Waals surface area contributed by atoms with Crippen molar-refractivity contribution in [1.29, 1.82) is 0 Å². The Morgan fingerprint density at radius 1 is 1.03 bits per heavy atom. The number of pyridine rings is 1. The Labute approximate surface area is 195 Å². The molecule has 0 fully saturated rings. The molecule has 0 amide bonds. The van der Waals surface area contributed by atoms with Gasteiger partial charge in [0.15, 0.2) is 16.7 Å². The van der Waals surface area contributed by atoms with Crippen LogP contribution in [0, 0.1) is 0 Å². The van der Waals surface area contributed by atoms with E-state index >= 15 is 0 Å². The van der Waals surface area contributed by atoms with Gasteiger partial charge in [-0.2, -0.15) is 0 Å². The molecular weight excluding hydrogens is 460 g/mol. The summed E-state index contributed by atoms with van der Waals surface area (Å²) in [6.45, 7) is 0.535. The van der Waals surface area contributed by atoms with Crippen molar-refractivity contribution in [2.45, 2.75) is 17.5 Å². The SMILES string of the molecule is O=c1c2sccc2nc(SCc2cc(=O)n3ccccc3n2)n1Cc1ccc2c(c1)OCO2. The molecule has 1 aliphatic rings. The van der Waals surface area contributed by atoms with Gasteiger partial charge in [-0.05, 0) is 41.3 Å². The number of hydrogen-bond acceptors (Lipinski definition) is 8. The van der Waals surface area contributed by atoms with E-state index in [0.717, 1.165) is 5.56 Å². The second-order valence-corrected chi connectivity index (χ2v) is 9.27. The summed E-state index contributed by atoms with van der Waals surface area (Å²) in [5.74, 6) is 1.77. The first kappa shape index (κ1) is 20.0. The maximum absolute atomic E-state index is 13.3. The average molecular weight is 477 g/mol. The fourth-order valence-corrected chi connectivity index (χ4v) is 5.38. The second-order valence-electron chi connectivity index (χ2n) is 7.41. The van der Waals surface area contributed by atoms with Gasteiger partial charge in [-0.3, -0.25) is 18.6 Å². The average Bonchev–Trinajstić information content (AvgIpc) is 3.49. The van der Waals surface area contributed by atoms with Gasteiger partial charge in [-0.1, -0.05) is 23.9 Å². The van der Waals surface area contributed by atoms with Gasteiger partial charge in [-0.25, -0.2) is 9.97 Å². The molecule has 0 bridgehead atoms. The Bertz CT molecular complexity index is 1640. The summed E-state index contributed by atoms with van der Waals surface area (Å²) < 4.78 is 14.6. The number of rotatable bonds is 5. The normalized spacial score (nSPS) is 12.6. The highest BCUT2D eigenvalue weighted by Gasteiger charge is 2.17. The lowest BCUT2D eigenvalue weighted by Crippen LogP contribution is -2.23. The van der Waals surface area contributed by atoms with Gasteiger partial charge in [-0.15, -0.1) is 11.3 Å². The standard InChI is InChI=1S/C23H16N4O4S2/c28-20-10-15(24-19-3-1-2-7-26(19)20)12-33-23-25-16-6-8-32-21(16)22(29)27(23)11-14-4-5-17-18(9-14)31-13-30-17/h1-10H,11-13H2. The van der Waals surface area contributed by atoms with Gasteiger partial charge in [0.25, 0.3) is 11.1 Å². The van der Waals surface area contributed by atoms with E-state index < -0.39 is 0 Å². The highest BCUT2D eigenvalue weighted by Crippen LogP contribution is 2.33. The van der Waals surface area contributed by atoms with Crippen molar-refractivity contribution in [3.8, 4) is 11.5 Å². The number of ether oxygens (including phenoxy) is 2. The molecule has 0 spiro atoms. The minimum Gasteiger partial charge on any atom is -0.454 e. The number of thioether (sulfide) groups is 1. The monoisotopic (exact) mass is 476 g/mol. The molecule has 5 heterocycles. The van der Waals surface area contributed by atoms with Gasteiger partial charge in [0.1, 0.15) is 10.3 Å². The summed E-state index contributed by atoms with van der Waals surface area (Å²) in [4.78, 5) is 35.0. The molecule has 0 unspecified atom stereocenters. The molecule has 10 heteroatoms. The van der Waals surface area contributed by atoms with E-state index in [1.807, 2.05) is 35.7 Å². The lowest BCUT2D eigenvalue weighted by Gasteiger charge is -2.12. The zero-order valence-corrected chi connectivity index (χ0v) is 18.8. The van der Waals surface area contributed by atoms with Crippen molar-refractivity contribution in [3.05, 3.63) is 92.1 Å². The highest BCUT2D eigenvalue weighted by atomic mass is 32.2. The van der Waals surface area contributed by atoms with Crippen LogP contribution in [-0.2, 0) is 12.3 Å². The van der Waals surface area contributed by atoms with Crippen LogP contribution >= 0.6 is 23.1 Å². The van der Waals surface area contributed by atoms with E-state index in [4.69, 9.17) is 14.5 Å². The Morgan fingerprint density at radius 2 is 1.94 bits per heavy atom. The zero-order chi connectivity index (χ0) is 22.4. The van der Waals surface area contributed by atoms with Crippen molar-refractivity contribution < 1.29 is 9.47 Å².